The summed E-state index contributed by atoms with van der Waals surface area (Å²) in [5, 5.41) is 6.90. The molecule has 136 valence electrons. The third kappa shape index (κ3) is 3.57. The standard InChI is InChI=1S/C18H18N2O4S2/c1-12-9-17(25(19,21)22)11-18(13(12)2)20-26(23,24)16-8-7-14-5-3-4-6-15(14)10-16/h3-11,20H,1-2H3,(H2,19,21,22). The largest absolute Gasteiger partial charge is 0.279 e. The summed E-state index contributed by atoms with van der Waals surface area (Å²) in [7, 11) is -7.84. The van der Waals surface area contributed by atoms with Gasteiger partial charge < -0.3 is 0 Å². The van der Waals surface area contributed by atoms with Gasteiger partial charge in [-0.15, -0.1) is 0 Å². The molecule has 0 radical (unpaired) electrons. The van der Waals surface area contributed by atoms with Gasteiger partial charge in [0.05, 0.1) is 15.5 Å². The van der Waals surface area contributed by atoms with Gasteiger partial charge in [-0.3, -0.25) is 4.72 Å². The highest BCUT2D eigenvalue weighted by atomic mass is 32.2. The van der Waals surface area contributed by atoms with Crippen LogP contribution < -0.4 is 9.86 Å². The summed E-state index contributed by atoms with van der Waals surface area (Å²) in [6, 6.07) is 14.9. The normalized spacial score (nSPS) is 12.3. The van der Waals surface area contributed by atoms with Crippen molar-refractivity contribution < 1.29 is 16.8 Å². The fourth-order valence-corrected chi connectivity index (χ4v) is 4.41. The highest BCUT2D eigenvalue weighted by molar-refractivity contribution is 7.92. The first kappa shape index (κ1) is 18.4. The Morgan fingerprint density at radius 3 is 2.12 bits per heavy atom. The molecule has 0 unspecified atom stereocenters. The van der Waals surface area contributed by atoms with Crippen molar-refractivity contribution in [1.29, 1.82) is 0 Å². The average Bonchev–Trinajstić information content (AvgIpc) is 2.57. The lowest BCUT2D eigenvalue weighted by atomic mass is 10.1. The van der Waals surface area contributed by atoms with Gasteiger partial charge >= 0.3 is 0 Å². The number of hydrogen-bond acceptors (Lipinski definition) is 4. The van der Waals surface area contributed by atoms with Crippen molar-refractivity contribution in [2.24, 2.45) is 5.14 Å². The molecule has 8 heteroatoms. The van der Waals surface area contributed by atoms with Gasteiger partial charge in [0.15, 0.2) is 0 Å². The molecule has 3 rings (SSSR count). The number of rotatable bonds is 4. The summed E-state index contributed by atoms with van der Waals surface area (Å²) < 4.78 is 51.3. The first-order valence-electron chi connectivity index (χ1n) is 7.73. The van der Waals surface area contributed by atoms with E-state index >= 15 is 0 Å². The van der Waals surface area contributed by atoms with Gasteiger partial charge in [0, 0.05) is 0 Å². The molecule has 0 amide bonds. The molecule has 0 aliphatic rings. The van der Waals surface area contributed by atoms with E-state index in [1.807, 2.05) is 24.3 Å². The second kappa shape index (κ2) is 6.39. The predicted octanol–water partition coefficient (Wildman–Crippen LogP) is 2.90. The van der Waals surface area contributed by atoms with E-state index in [9.17, 15) is 16.8 Å². The van der Waals surface area contributed by atoms with Crippen LogP contribution in [-0.4, -0.2) is 16.8 Å². The lowest BCUT2D eigenvalue weighted by molar-refractivity contribution is 0.596. The van der Waals surface area contributed by atoms with E-state index in [1.54, 1.807) is 26.0 Å². The van der Waals surface area contributed by atoms with Crippen LogP contribution in [0.2, 0.25) is 0 Å². The van der Waals surface area contributed by atoms with Crippen LogP contribution in [-0.2, 0) is 20.0 Å². The monoisotopic (exact) mass is 390 g/mol. The molecule has 6 nitrogen and oxygen atoms in total. The molecule has 3 N–H and O–H groups in total. The average molecular weight is 390 g/mol. The van der Waals surface area contributed by atoms with Gasteiger partial charge in [-0.2, -0.15) is 0 Å². The Hall–Kier alpha value is -2.42. The van der Waals surface area contributed by atoms with Crippen molar-refractivity contribution in [3.05, 3.63) is 65.7 Å². The van der Waals surface area contributed by atoms with E-state index in [1.165, 1.54) is 18.2 Å². The maximum Gasteiger partial charge on any atom is 0.261 e. The smallest absolute Gasteiger partial charge is 0.261 e. The van der Waals surface area contributed by atoms with E-state index in [2.05, 4.69) is 4.72 Å². The van der Waals surface area contributed by atoms with Crippen LogP contribution in [0.5, 0.6) is 0 Å². The van der Waals surface area contributed by atoms with Crippen LogP contribution >= 0.6 is 0 Å². The van der Waals surface area contributed by atoms with Crippen LogP contribution in [0.1, 0.15) is 11.1 Å². The Morgan fingerprint density at radius 1 is 0.808 bits per heavy atom. The van der Waals surface area contributed by atoms with Crippen molar-refractivity contribution in [2.75, 3.05) is 4.72 Å². The minimum Gasteiger partial charge on any atom is -0.279 e. The Kier molecular flexibility index (Phi) is 4.51. The molecule has 0 saturated heterocycles. The Labute approximate surface area is 152 Å². The molecule has 0 saturated carbocycles. The Morgan fingerprint density at radius 2 is 1.46 bits per heavy atom. The summed E-state index contributed by atoms with van der Waals surface area (Å²) in [6.45, 7) is 3.40. The first-order chi connectivity index (χ1) is 12.1. The number of benzene rings is 3. The number of sulfonamides is 2. The molecule has 0 aromatic heterocycles. The molecule has 0 spiro atoms. The molecule has 0 fully saturated rings. The lowest BCUT2D eigenvalue weighted by Gasteiger charge is -2.14. The lowest BCUT2D eigenvalue weighted by Crippen LogP contribution is -2.17. The fourth-order valence-electron chi connectivity index (χ4n) is 2.63. The minimum atomic E-state index is -3.95. The van der Waals surface area contributed by atoms with Crippen molar-refractivity contribution in [3.8, 4) is 0 Å². The highest BCUT2D eigenvalue weighted by Crippen LogP contribution is 2.27. The summed E-state index contributed by atoms with van der Waals surface area (Å²) in [4.78, 5) is -0.0499. The van der Waals surface area contributed by atoms with Crippen LogP contribution in [0.3, 0.4) is 0 Å². The predicted molar refractivity (Wildman–Crippen MR) is 102 cm³/mol. The fraction of sp³-hybridized carbons (Fsp3) is 0.111. The van der Waals surface area contributed by atoms with Crippen LogP contribution in [0, 0.1) is 13.8 Å². The number of aryl methyl sites for hydroxylation is 1. The molecular weight excluding hydrogens is 372 g/mol. The zero-order chi connectivity index (χ0) is 19.1. The second-order valence-corrected chi connectivity index (χ2v) is 9.32. The third-order valence-electron chi connectivity index (χ3n) is 4.24. The molecule has 26 heavy (non-hydrogen) atoms. The van der Waals surface area contributed by atoms with Crippen LogP contribution in [0.25, 0.3) is 10.8 Å². The summed E-state index contributed by atoms with van der Waals surface area (Å²) in [5.41, 5.74) is 1.43. The molecule has 0 aliphatic heterocycles. The summed E-state index contributed by atoms with van der Waals surface area (Å²) in [5.74, 6) is 0. The number of anilines is 1. The molecule has 0 aliphatic carbocycles. The van der Waals surface area contributed by atoms with E-state index in [-0.39, 0.29) is 15.5 Å². The quantitative estimate of drug-likeness (QED) is 0.714. The minimum absolute atomic E-state index is 0.0919. The van der Waals surface area contributed by atoms with Gasteiger partial charge in [0.1, 0.15) is 0 Å². The molecule has 0 bridgehead atoms. The maximum absolute atomic E-state index is 12.8. The number of hydrogen-bond donors (Lipinski definition) is 2. The van der Waals surface area contributed by atoms with Gasteiger partial charge in [0.2, 0.25) is 10.0 Å². The Balaban J connectivity index is 2.07. The van der Waals surface area contributed by atoms with E-state index < -0.39 is 20.0 Å². The van der Waals surface area contributed by atoms with Crippen molar-refractivity contribution in [3.63, 3.8) is 0 Å². The molecule has 3 aromatic rings. The SMILES string of the molecule is Cc1cc(S(N)(=O)=O)cc(NS(=O)(=O)c2ccc3ccccc3c2)c1C. The topological polar surface area (TPSA) is 106 Å². The van der Waals surface area contributed by atoms with Gasteiger partial charge in [-0.1, -0.05) is 30.3 Å². The highest BCUT2D eigenvalue weighted by Gasteiger charge is 2.19. The number of fused-ring (bicyclic) bond motifs is 1. The van der Waals surface area contributed by atoms with Gasteiger partial charge in [0.25, 0.3) is 10.0 Å². The molecule has 0 heterocycles. The van der Waals surface area contributed by atoms with Crippen molar-refractivity contribution in [2.45, 2.75) is 23.6 Å². The molecule has 3 aromatic carbocycles. The number of nitrogens with one attached hydrogen (secondary N) is 1. The number of primary sulfonamides is 1. The summed E-state index contributed by atoms with van der Waals surface area (Å²) in [6.07, 6.45) is 0. The van der Waals surface area contributed by atoms with Crippen molar-refractivity contribution in [1.82, 2.24) is 0 Å². The third-order valence-corrected chi connectivity index (χ3v) is 6.50. The zero-order valence-corrected chi connectivity index (χ0v) is 15.9. The van der Waals surface area contributed by atoms with Gasteiger partial charge in [-0.05, 0) is 60.0 Å². The molecule has 0 atom stereocenters. The zero-order valence-electron chi connectivity index (χ0n) is 14.2. The number of nitrogens with two attached hydrogens (primary N) is 1. The second-order valence-electron chi connectivity index (χ2n) is 6.07. The summed E-state index contributed by atoms with van der Waals surface area (Å²) >= 11 is 0. The first-order valence-corrected chi connectivity index (χ1v) is 10.8. The van der Waals surface area contributed by atoms with E-state index in [0.29, 0.717) is 11.1 Å². The van der Waals surface area contributed by atoms with Gasteiger partial charge in [-0.25, -0.2) is 22.0 Å². The Bertz CT molecular complexity index is 1220. The molecular formula is C18H18N2O4S2. The van der Waals surface area contributed by atoms with E-state index in [0.717, 1.165) is 10.8 Å². The van der Waals surface area contributed by atoms with Crippen molar-refractivity contribution >= 4 is 36.5 Å². The van der Waals surface area contributed by atoms with Crippen LogP contribution in [0.4, 0.5) is 5.69 Å². The van der Waals surface area contributed by atoms with E-state index in [4.69, 9.17) is 5.14 Å². The van der Waals surface area contributed by atoms with Crippen LogP contribution in [0.15, 0.2) is 64.4 Å². The maximum atomic E-state index is 12.8.